The first kappa shape index (κ1) is 29.1. The number of nitrogens with zero attached hydrogens (tertiary/aromatic N) is 2. The van der Waals surface area contributed by atoms with Crippen LogP contribution in [0.4, 0.5) is 0 Å². The molecule has 10 aromatic rings. The van der Waals surface area contributed by atoms with E-state index in [1.807, 2.05) is 6.07 Å². The van der Waals surface area contributed by atoms with Gasteiger partial charge in [-0.2, -0.15) is 5.26 Å². The molecule has 0 amide bonds. The van der Waals surface area contributed by atoms with Crippen molar-refractivity contribution in [1.82, 2.24) is 4.57 Å². The number of hydrogen-bond donors (Lipinski definition) is 0. The summed E-state index contributed by atoms with van der Waals surface area (Å²) in [5, 5.41) is 22.4. The molecule has 1 heterocycles. The molecule has 0 saturated carbocycles. The second kappa shape index (κ2) is 10.4. The molecule has 0 radical (unpaired) electrons. The van der Waals surface area contributed by atoms with Crippen molar-refractivity contribution in [1.29, 1.82) is 5.26 Å². The quantitative estimate of drug-likeness (QED) is 0.170. The number of para-hydroxylation sites is 2. The molecule has 0 spiro atoms. The van der Waals surface area contributed by atoms with Crippen LogP contribution in [0.1, 0.15) is 30.5 Å². The second-order valence-electron chi connectivity index (χ2n) is 14.8. The molecule has 1 aromatic heterocycles. The van der Waals surface area contributed by atoms with Crippen LogP contribution in [0.2, 0.25) is 0 Å². The van der Waals surface area contributed by atoms with Crippen LogP contribution in [0.5, 0.6) is 0 Å². The zero-order chi connectivity index (χ0) is 34.7. The zero-order valence-electron chi connectivity index (χ0n) is 28.9. The minimum absolute atomic E-state index is 0.237. The fourth-order valence-electron chi connectivity index (χ4n) is 9.33. The fourth-order valence-corrected chi connectivity index (χ4v) is 9.33. The van der Waals surface area contributed by atoms with Crippen LogP contribution in [0.3, 0.4) is 0 Å². The average Bonchev–Trinajstić information content (AvgIpc) is 3.64. The largest absolute Gasteiger partial charge is 0.309 e. The van der Waals surface area contributed by atoms with Gasteiger partial charge in [-0.1, -0.05) is 117 Å². The van der Waals surface area contributed by atoms with Crippen molar-refractivity contribution < 1.29 is 0 Å². The number of hydrogen-bond acceptors (Lipinski definition) is 1. The lowest BCUT2D eigenvalue weighted by atomic mass is 9.80. The monoisotopic (exact) mass is 660 g/mol. The average molecular weight is 661 g/mol. The molecule has 1 aliphatic carbocycles. The first-order valence-corrected chi connectivity index (χ1v) is 18.0. The van der Waals surface area contributed by atoms with Crippen molar-refractivity contribution in [2.45, 2.75) is 19.3 Å². The van der Waals surface area contributed by atoms with E-state index in [0.29, 0.717) is 5.56 Å². The summed E-state index contributed by atoms with van der Waals surface area (Å²) >= 11 is 0. The molecule has 0 N–H and O–H groups in total. The molecule has 0 saturated heterocycles. The van der Waals surface area contributed by atoms with E-state index >= 15 is 0 Å². The van der Waals surface area contributed by atoms with E-state index in [4.69, 9.17) is 0 Å². The Kier molecular flexibility index (Phi) is 5.83. The molecule has 2 nitrogen and oxygen atoms in total. The van der Waals surface area contributed by atoms with Gasteiger partial charge in [0.2, 0.25) is 0 Å². The standard InChI is InChI=1S/C50H32N2/c1-50(2)45-24-30(29-51)20-22-39(45)49-38-18-9-8-16-35(38)40(27-46(49)50)31-21-23-36-41(25-31)33-14-6-7-15-34(33)42-26-44-37-17-10-11-19-47(37)52(48(44)28-43(36)42)32-12-4-3-5-13-32/h3-28H,1-2H3. The molecule has 0 atom stereocenters. The van der Waals surface area contributed by atoms with E-state index in [1.165, 1.54) is 98.3 Å². The molecule has 2 heteroatoms. The van der Waals surface area contributed by atoms with Gasteiger partial charge in [-0.15, -0.1) is 0 Å². The number of rotatable bonds is 2. The predicted octanol–water partition coefficient (Wildman–Crippen LogP) is 13.2. The Morgan fingerprint density at radius 2 is 1.08 bits per heavy atom. The molecule has 0 unspecified atom stereocenters. The summed E-state index contributed by atoms with van der Waals surface area (Å²) in [6.07, 6.45) is 0. The Labute approximate surface area is 301 Å². The molecule has 242 valence electrons. The Morgan fingerprint density at radius 1 is 0.442 bits per heavy atom. The summed E-state index contributed by atoms with van der Waals surface area (Å²) in [7, 11) is 0. The fraction of sp³-hybridized carbons (Fsp3) is 0.0600. The van der Waals surface area contributed by atoms with Gasteiger partial charge in [0.1, 0.15) is 0 Å². The van der Waals surface area contributed by atoms with Gasteiger partial charge in [-0.05, 0) is 131 Å². The maximum absolute atomic E-state index is 9.75. The van der Waals surface area contributed by atoms with Crippen molar-refractivity contribution in [3.63, 3.8) is 0 Å². The van der Waals surface area contributed by atoms with Crippen LogP contribution in [-0.2, 0) is 5.41 Å². The van der Waals surface area contributed by atoms with E-state index < -0.39 is 0 Å². The molecule has 11 rings (SSSR count). The Balaban J connectivity index is 1.21. The summed E-state index contributed by atoms with van der Waals surface area (Å²) in [5.74, 6) is 0. The Bertz CT molecular complexity index is 3210. The second-order valence-corrected chi connectivity index (χ2v) is 14.8. The van der Waals surface area contributed by atoms with E-state index in [2.05, 4.69) is 176 Å². The number of aromatic nitrogens is 1. The minimum atomic E-state index is -0.237. The summed E-state index contributed by atoms with van der Waals surface area (Å²) in [6, 6.07) is 60.1. The van der Waals surface area contributed by atoms with E-state index in [1.54, 1.807) is 0 Å². The van der Waals surface area contributed by atoms with Crippen LogP contribution in [0, 0.1) is 11.3 Å². The molecular formula is C50H32N2. The predicted molar refractivity (Wildman–Crippen MR) is 219 cm³/mol. The molecule has 0 bridgehead atoms. The van der Waals surface area contributed by atoms with Gasteiger partial charge in [0.25, 0.3) is 0 Å². The van der Waals surface area contributed by atoms with Gasteiger partial charge in [0.15, 0.2) is 0 Å². The highest BCUT2D eigenvalue weighted by Gasteiger charge is 2.37. The maximum atomic E-state index is 9.75. The number of nitriles is 1. The summed E-state index contributed by atoms with van der Waals surface area (Å²) < 4.78 is 2.41. The molecule has 1 aliphatic rings. The van der Waals surface area contributed by atoms with Crippen LogP contribution in [0.15, 0.2) is 158 Å². The van der Waals surface area contributed by atoms with Crippen LogP contribution < -0.4 is 0 Å². The summed E-state index contributed by atoms with van der Waals surface area (Å²) in [5.41, 5.74) is 11.6. The van der Waals surface area contributed by atoms with Crippen LogP contribution in [0.25, 0.3) is 92.8 Å². The van der Waals surface area contributed by atoms with Crippen molar-refractivity contribution in [2.24, 2.45) is 0 Å². The van der Waals surface area contributed by atoms with Crippen molar-refractivity contribution in [3.05, 3.63) is 174 Å². The Morgan fingerprint density at radius 3 is 1.85 bits per heavy atom. The third-order valence-electron chi connectivity index (χ3n) is 11.8. The molecule has 0 fully saturated rings. The van der Waals surface area contributed by atoms with Gasteiger partial charge < -0.3 is 4.57 Å². The van der Waals surface area contributed by atoms with E-state index in [-0.39, 0.29) is 5.41 Å². The highest BCUT2D eigenvalue weighted by molar-refractivity contribution is 6.29. The first-order chi connectivity index (χ1) is 25.5. The lowest BCUT2D eigenvalue weighted by Crippen LogP contribution is -2.15. The topological polar surface area (TPSA) is 28.7 Å². The van der Waals surface area contributed by atoms with Crippen LogP contribution in [-0.4, -0.2) is 4.57 Å². The third-order valence-corrected chi connectivity index (χ3v) is 11.8. The molecule has 52 heavy (non-hydrogen) atoms. The van der Waals surface area contributed by atoms with Crippen LogP contribution >= 0.6 is 0 Å². The Hall–Kier alpha value is -6.69. The minimum Gasteiger partial charge on any atom is -0.309 e. The zero-order valence-corrected chi connectivity index (χ0v) is 28.9. The number of fused-ring (bicyclic) bond motifs is 14. The van der Waals surface area contributed by atoms with Gasteiger partial charge in [-0.25, -0.2) is 0 Å². The molecule has 9 aromatic carbocycles. The first-order valence-electron chi connectivity index (χ1n) is 18.0. The summed E-state index contributed by atoms with van der Waals surface area (Å²) in [6.45, 7) is 4.60. The lowest BCUT2D eigenvalue weighted by molar-refractivity contribution is 0.661. The van der Waals surface area contributed by atoms with E-state index in [9.17, 15) is 5.26 Å². The smallest absolute Gasteiger partial charge is 0.0991 e. The highest BCUT2D eigenvalue weighted by atomic mass is 15.0. The lowest BCUT2D eigenvalue weighted by Gasteiger charge is -2.23. The summed E-state index contributed by atoms with van der Waals surface area (Å²) in [4.78, 5) is 0. The molecular weight excluding hydrogens is 629 g/mol. The van der Waals surface area contributed by atoms with Gasteiger partial charge >= 0.3 is 0 Å². The van der Waals surface area contributed by atoms with Gasteiger partial charge in [0, 0.05) is 21.9 Å². The molecule has 0 aliphatic heterocycles. The highest BCUT2D eigenvalue weighted by Crippen LogP contribution is 2.53. The third kappa shape index (κ3) is 3.83. The van der Waals surface area contributed by atoms with Crippen molar-refractivity contribution in [3.8, 4) is 34.0 Å². The maximum Gasteiger partial charge on any atom is 0.0991 e. The van der Waals surface area contributed by atoms with Gasteiger partial charge in [-0.3, -0.25) is 0 Å². The van der Waals surface area contributed by atoms with Crippen molar-refractivity contribution >= 4 is 64.9 Å². The van der Waals surface area contributed by atoms with Crippen molar-refractivity contribution in [2.75, 3.05) is 0 Å². The van der Waals surface area contributed by atoms with E-state index in [0.717, 1.165) is 5.69 Å². The normalized spacial score (nSPS) is 13.3. The number of benzene rings is 9. The SMILES string of the molecule is CC1(C)c2cc(C#N)ccc2-c2c1cc(-c1ccc3c(c1)c1ccccc1c1cc4c5ccccc5n(-c5ccccc5)c4cc31)c1ccccc21. The van der Waals surface area contributed by atoms with Gasteiger partial charge in [0.05, 0.1) is 22.7 Å².